The highest BCUT2D eigenvalue weighted by Gasteiger charge is 2.34. The first-order valence-electron chi connectivity index (χ1n) is 13.4. The van der Waals surface area contributed by atoms with Crippen LogP contribution in [0.4, 0.5) is 15.9 Å². The van der Waals surface area contributed by atoms with Crippen LogP contribution in [0, 0.1) is 17.7 Å². The third-order valence-electron chi connectivity index (χ3n) is 7.03. The van der Waals surface area contributed by atoms with Crippen LogP contribution in [0.5, 0.6) is 0 Å². The van der Waals surface area contributed by atoms with E-state index in [0.717, 1.165) is 25.7 Å². The molecule has 0 bridgehead atoms. The normalized spacial score (nSPS) is 17.1. The molecule has 0 radical (unpaired) electrons. The molecule has 3 aromatic rings. The van der Waals surface area contributed by atoms with Crippen molar-refractivity contribution in [2.24, 2.45) is 11.8 Å². The highest BCUT2D eigenvalue weighted by Crippen LogP contribution is 2.33. The minimum absolute atomic E-state index is 0.0217. The Balaban J connectivity index is 1.61. The summed E-state index contributed by atoms with van der Waals surface area (Å²) in [5.41, 5.74) is 1.73. The largest absolute Gasteiger partial charge is 0.462 e. The molecule has 9 heteroatoms. The molecule has 1 aromatic heterocycles. The van der Waals surface area contributed by atoms with Crippen molar-refractivity contribution >= 4 is 29.3 Å². The highest BCUT2D eigenvalue weighted by molar-refractivity contribution is 6.04. The predicted molar refractivity (Wildman–Crippen MR) is 148 cm³/mol. The minimum atomic E-state index is -0.544. The summed E-state index contributed by atoms with van der Waals surface area (Å²) in [6.07, 6.45) is 5.23. The van der Waals surface area contributed by atoms with Crippen LogP contribution >= 0.6 is 0 Å². The average Bonchev–Trinajstić information content (AvgIpc) is 3.34. The number of carbonyl (C=O) groups excluding carboxylic acids is 3. The zero-order valence-electron chi connectivity index (χ0n) is 22.8. The lowest BCUT2D eigenvalue weighted by Crippen LogP contribution is -2.43. The van der Waals surface area contributed by atoms with E-state index in [1.165, 1.54) is 24.3 Å². The van der Waals surface area contributed by atoms with Crippen LogP contribution in [0.25, 0.3) is 5.69 Å². The molecule has 1 N–H and O–H groups in total. The quantitative estimate of drug-likeness (QED) is 0.357. The van der Waals surface area contributed by atoms with E-state index in [4.69, 9.17) is 4.74 Å². The Morgan fingerprint density at radius 3 is 2.28 bits per heavy atom. The van der Waals surface area contributed by atoms with Crippen molar-refractivity contribution in [2.45, 2.75) is 59.4 Å². The number of hydrogen-bond donors (Lipinski definition) is 1. The van der Waals surface area contributed by atoms with Crippen molar-refractivity contribution in [3.8, 4) is 5.69 Å². The van der Waals surface area contributed by atoms with Crippen molar-refractivity contribution in [1.82, 2.24) is 9.78 Å². The van der Waals surface area contributed by atoms with E-state index in [9.17, 15) is 18.8 Å². The van der Waals surface area contributed by atoms with Crippen LogP contribution in [0.15, 0.2) is 54.7 Å². The lowest BCUT2D eigenvalue weighted by Gasteiger charge is -2.32. The number of rotatable bonds is 8. The lowest BCUT2D eigenvalue weighted by molar-refractivity contribution is -0.124. The Kier molecular flexibility index (Phi) is 8.79. The predicted octanol–water partition coefficient (Wildman–Crippen LogP) is 6.01. The summed E-state index contributed by atoms with van der Waals surface area (Å²) in [6, 6.07) is 12.0. The van der Waals surface area contributed by atoms with Gasteiger partial charge in [0.25, 0.3) is 5.91 Å². The van der Waals surface area contributed by atoms with E-state index in [0.29, 0.717) is 22.9 Å². The number of benzene rings is 2. The molecule has 0 saturated heterocycles. The zero-order valence-corrected chi connectivity index (χ0v) is 22.8. The molecule has 1 saturated carbocycles. The van der Waals surface area contributed by atoms with E-state index in [2.05, 4.69) is 17.3 Å². The van der Waals surface area contributed by atoms with Gasteiger partial charge >= 0.3 is 5.97 Å². The zero-order chi connectivity index (χ0) is 28.1. The van der Waals surface area contributed by atoms with E-state index < -0.39 is 11.8 Å². The molecule has 39 heavy (non-hydrogen) atoms. The summed E-state index contributed by atoms with van der Waals surface area (Å²) in [5.74, 6) is -0.559. The van der Waals surface area contributed by atoms with E-state index in [1.807, 2.05) is 13.8 Å². The number of amides is 2. The molecule has 1 fully saturated rings. The third kappa shape index (κ3) is 6.53. The van der Waals surface area contributed by atoms with Crippen LogP contribution in [0.3, 0.4) is 0 Å². The monoisotopic (exact) mass is 534 g/mol. The van der Waals surface area contributed by atoms with Gasteiger partial charge in [-0.1, -0.05) is 6.92 Å². The van der Waals surface area contributed by atoms with Gasteiger partial charge in [0.15, 0.2) is 5.82 Å². The van der Waals surface area contributed by atoms with Gasteiger partial charge in [-0.3, -0.25) is 14.5 Å². The number of hydrogen-bond acceptors (Lipinski definition) is 5. The van der Waals surface area contributed by atoms with Gasteiger partial charge in [-0.25, -0.2) is 13.9 Å². The van der Waals surface area contributed by atoms with E-state index in [1.54, 1.807) is 47.0 Å². The number of carbonyl (C=O) groups is 3. The molecule has 4 rings (SSSR count). The molecule has 0 aliphatic heterocycles. The van der Waals surface area contributed by atoms with Crippen LogP contribution in [-0.2, 0) is 9.53 Å². The second kappa shape index (κ2) is 12.2. The van der Waals surface area contributed by atoms with Gasteiger partial charge in [-0.05, 0) is 101 Å². The van der Waals surface area contributed by atoms with Crippen molar-refractivity contribution in [3.63, 3.8) is 0 Å². The maximum absolute atomic E-state index is 13.7. The van der Waals surface area contributed by atoms with Gasteiger partial charge in [0.1, 0.15) is 11.4 Å². The second-order valence-electron chi connectivity index (χ2n) is 10.3. The Morgan fingerprint density at radius 1 is 1.05 bits per heavy atom. The lowest BCUT2D eigenvalue weighted by atomic mass is 9.82. The molecule has 2 aromatic carbocycles. The van der Waals surface area contributed by atoms with Crippen molar-refractivity contribution in [1.29, 1.82) is 0 Å². The van der Waals surface area contributed by atoms with Crippen LogP contribution in [0.1, 0.15) is 74.1 Å². The molecule has 0 unspecified atom stereocenters. The van der Waals surface area contributed by atoms with Crippen molar-refractivity contribution in [3.05, 3.63) is 71.7 Å². The van der Waals surface area contributed by atoms with Gasteiger partial charge in [0.2, 0.25) is 5.91 Å². The van der Waals surface area contributed by atoms with Gasteiger partial charge in [-0.2, -0.15) is 0 Å². The number of anilines is 2. The second-order valence-corrected chi connectivity index (χ2v) is 10.3. The molecule has 0 atom stereocenters. The molecule has 1 aliphatic rings. The molecular formula is C30H35FN4O4. The number of halogens is 1. The van der Waals surface area contributed by atoms with Crippen LogP contribution < -0.4 is 10.2 Å². The first-order valence-corrected chi connectivity index (χ1v) is 13.4. The SMILES string of the molecule is CCOC(=O)c1cn(-c2ccc(NC(=O)c3ccc(F)cc3)cc2)nc1N(C(=O)[C@H]1CC[C@H](C)CC1)C(C)C. The standard InChI is InChI=1S/C30H35FN4O4/c1-5-39-30(38)26-18-34(33-27(26)35(19(2)3)29(37)22-8-6-20(4)7-9-22)25-16-14-24(15-17-25)32-28(36)21-10-12-23(31)13-11-21/h10-20,22H,5-9H2,1-4H3,(H,32,36)/t20-,22-. The Hall–Kier alpha value is -4.01. The summed E-state index contributed by atoms with van der Waals surface area (Å²) in [6.45, 7) is 7.96. The number of nitrogens with zero attached hydrogens (tertiary/aromatic N) is 3. The topological polar surface area (TPSA) is 93.5 Å². The summed E-state index contributed by atoms with van der Waals surface area (Å²) >= 11 is 0. The fourth-order valence-electron chi connectivity index (χ4n) is 4.84. The molecule has 206 valence electrons. The number of aromatic nitrogens is 2. The number of nitrogens with one attached hydrogen (secondary N) is 1. The summed E-state index contributed by atoms with van der Waals surface area (Å²) in [5, 5.41) is 7.46. The van der Waals surface area contributed by atoms with Crippen LogP contribution in [0.2, 0.25) is 0 Å². The van der Waals surface area contributed by atoms with Gasteiger partial charge in [0, 0.05) is 29.4 Å². The Labute approximate surface area is 228 Å². The molecule has 2 amide bonds. The van der Waals surface area contributed by atoms with Gasteiger partial charge in [-0.15, -0.1) is 5.10 Å². The molecule has 0 spiro atoms. The minimum Gasteiger partial charge on any atom is -0.462 e. The number of esters is 1. The molecule has 1 aliphatic carbocycles. The molecular weight excluding hydrogens is 499 g/mol. The Bertz CT molecular complexity index is 1310. The number of ether oxygens (including phenoxy) is 1. The first kappa shape index (κ1) is 28.0. The molecule has 1 heterocycles. The highest BCUT2D eigenvalue weighted by atomic mass is 19.1. The first-order chi connectivity index (χ1) is 18.7. The maximum Gasteiger partial charge on any atom is 0.343 e. The van der Waals surface area contributed by atoms with Gasteiger partial charge in [0.05, 0.1) is 12.3 Å². The average molecular weight is 535 g/mol. The van der Waals surface area contributed by atoms with E-state index >= 15 is 0 Å². The van der Waals surface area contributed by atoms with Crippen molar-refractivity contribution < 1.29 is 23.5 Å². The summed E-state index contributed by atoms with van der Waals surface area (Å²) in [7, 11) is 0. The van der Waals surface area contributed by atoms with Crippen molar-refractivity contribution in [2.75, 3.05) is 16.8 Å². The fraction of sp³-hybridized carbons (Fsp3) is 0.400. The van der Waals surface area contributed by atoms with E-state index in [-0.39, 0.29) is 41.8 Å². The fourth-order valence-corrected chi connectivity index (χ4v) is 4.84. The van der Waals surface area contributed by atoms with Gasteiger partial charge < -0.3 is 10.1 Å². The van der Waals surface area contributed by atoms with Crippen LogP contribution in [-0.4, -0.2) is 40.2 Å². The third-order valence-corrected chi connectivity index (χ3v) is 7.03. The summed E-state index contributed by atoms with van der Waals surface area (Å²) < 4.78 is 20.0. The summed E-state index contributed by atoms with van der Waals surface area (Å²) in [4.78, 5) is 40.7. The Morgan fingerprint density at radius 2 is 1.69 bits per heavy atom. The maximum atomic E-state index is 13.7. The molecule has 8 nitrogen and oxygen atoms in total. The smallest absolute Gasteiger partial charge is 0.343 e.